The summed E-state index contributed by atoms with van der Waals surface area (Å²) in [7, 11) is 1.64. The number of benzene rings is 2. The Morgan fingerprint density at radius 2 is 1.89 bits per heavy atom. The predicted molar refractivity (Wildman–Crippen MR) is 76.2 cm³/mol. The fourth-order valence-corrected chi connectivity index (χ4v) is 2.07. The summed E-state index contributed by atoms with van der Waals surface area (Å²) in [6.07, 6.45) is 0. The highest BCUT2D eigenvalue weighted by Crippen LogP contribution is 2.28. The van der Waals surface area contributed by atoms with Crippen LogP contribution in [0.2, 0.25) is 0 Å². The van der Waals surface area contributed by atoms with E-state index in [9.17, 15) is 4.39 Å². The molecule has 2 aromatic rings. The van der Waals surface area contributed by atoms with Crippen LogP contribution in [0.1, 0.15) is 24.1 Å². The van der Waals surface area contributed by atoms with Crippen LogP contribution in [0, 0.1) is 12.7 Å². The van der Waals surface area contributed by atoms with E-state index < -0.39 is 0 Å². The van der Waals surface area contributed by atoms with Gasteiger partial charge in [0.05, 0.1) is 18.8 Å². The number of hydrogen-bond donors (Lipinski definition) is 1. The van der Waals surface area contributed by atoms with Crippen LogP contribution in [-0.4, -0.2) is 7.11 Å². The van der Waals surface area contributed by atoms with Gasteiger partial charge >= 0.3 is 0 Å². The summed E-state index contributed by atoms with van der Waals surface area (Å²) in [5.41, 5.74) is 2.42. The highest BCUT2D eigenvalue weighted by atomic mass is 19.1. The average Bonchev–Trinajstić information content (AvgIpc) is 2.41. The second-order valence-electron chi connectivity index (χ2n) is 4.59. The Kier molecular flexibility index (Phi) is 4.05. The Morgan fingerprint density at radius 3 is 2.58 bits per heavy atom. The maximum Gasteiger partial charge on any atom is 0.146 e. The minimum Gasteiger partial charge on any atom is -0.496 e. The summed E-state index contributed by atoms with van der Waals surface area (Å²) in [4.78, 5) is 0. The lowest BCUT2D eigenvalue weighted by Crippen LogP contribution is -2.09. The van der Waals surface area contributed by atoms with Crippen molar-refractivity contribution in [3.63, 3.8) is 0 Å². The first kappa shape index (κ1) is 13.4. The smallest absolute Gasteiger partial charge is 0.146 e. The topological polar surface area (TPSA) is 21.3 Å². The molecule has 19 heavy (non-hydrogen) atoms. The number of methoxy groups -OCH3 is 1. The Bertz CT molecular complexity index is 568. The third kappa shape index (κ3) is 3.05. The van der Waals surface area contributed by atoms with Crippen molar-refractivity contribution in [1.29, 1.82) is 0 Å². The van der Waals surface area contributed by atoms with E-state index in [2.05, 4.69) is 5.32 Å². The van der Waals surface area contributed by atoms with Crippen LogP contribution in [-0.2, 0) is 0 Å². The number of halogens is 1. The number of ether oxygens (including phenoxy) is 1. The number of hydrogen-bond acceptors (Lipinski definition) is 2. The summed E-state index contributed by atoms with van der Waals surface area (Å²) < 4.78 is 19.1. The fraction of sp³-hybridized carbons (Fsp3) is 0.250. The van der Waals surface area contributed by atoms with Crippen molar-refractivity contribution in [2.75, 3.05) is 12.4 Å². The quantitative estimate of drug-likeness (QED) is 0.883. The van der Waals surface area contributed by atoms with E-state index in [1.807, 2.05) is 44.2 Å². The van der Waals surface area contributed by atoms with Gasteiger partial charge in [-0.1, -0.05) is 24.3 Å². The average molecular weight is 259 g/mol. The zero-order valence-corrected chi connectivity index (χ0v) is 11.4. The zero-order chi connectivity index (χ0) is 13.8. The van der Waals surface area contributed by atoms with Crippen LogP contribution in [0.4, 0.5) is 10.1 Å². The van der Waals surface area contributed by atoms with Gasteiger partial charge in [-0.3, -0.25) is 0 Å². The Morgan fingerprint density at radius 1 is 1.16 bits per heavy atom. The molecule has 0 heterocycles. The number of nitrogens with one attached hydrogen (secondary N) is 1. The monoisotopic (exact) mass is 259 g/mol. The van der Waals surface area contributed by atoms with Crippen molar-refractivity contribution in [2.45, 2.75) is 19.9 Å². The Labute approximate surface area is 113 Å². The molecule has 1 atom stereocenters. The predicted octanol–water partition coefficient (Wildman–Crippen LogP) is 4.32. The molecule has 1 unspecified atom stereocenters. The van der Waals surface area contributed by atoms with Gasteiger partial charge in [0.25, 0.3) is 0 Å². The van der Waals surface area contributed by atoms with E-state index in [1.54, 1.807) is 13.2 Å². The van der Waals surface area contributed by atoms with E-state index in [4.69, 9.17) is 4.74 Å². The first-order valence-electron chi connectivity index (χ1n) is 6.27. The summed E-state index contributed by atoms with van der Waals surface area (Å²) in [5, 5.41) is 3.17. The summed E-state index contributed by atoms with van der Waals surface area (Å²) >= 11 is 0. The molecule has 0 fully saturated rings. The standard InChI is InChI=1S/C16H18FNO/c1-11-8-9-15(14(17)10-11)18-12(2)13-6-4-5-7-16(13)19-3/h4-10,12,18H,1-3H3. The van der Waals surface area contributed by atoms with Gasteiger partial charge < -0.3 is 10.1 Å². The first-order chi connectivity index (χ1) is 9.11. The van der Waals surface area contributed by atoms with Gasteiger partial charge in [-0.05, 0) is 37.6 Å². The molecule has 0 saturated heterocycles. The minimum absolute atomic E-state index is 0.0339. The van der Waals surface area contributed by atoms with Crippen molar-refractivity contribution < 1.29 is 9.13 Å². The van der Waals surface area contributed by atoms with Gasteiger partial charge in [0.15, 0.2) is 0 Å². The zero-order valence-electron chi connectivity index (χ0n) is 11.4. The molecule has 0 aliphatic rings. The molecule has 100 valence electrons. The second-order valence-corrected chi connectivity index (χ2v) is 4.59. The van der Waals surface area contributed by atoms with Gasteiger partial charge in [0.2, 0.25) is 0 Å². The van der Waals surface area contributed by atoms with Crippen molar-refractivity contribution in [3.05, 3.63) is 59.4 Å². The molecule has 3 heteroatoms. The number of aryl methyl sites for hydroxylation is 1. The summed E-state index contributed by atoms with van der Waals surface area (Å²) in [5.74, 6) is 0.566. The van der Waals surface area contributed by atoms with Crippen LogP contribution in [0.25, 0.3) is 0 Å². The molecular formula is C16H18FNO. The molecule has 0 amide bonds. The molecule has 2 aromatic carbocycles. The van der Waals surface area contributed by atoms with E-state index in [0.717, 1.165) is 16.9 Å². The molecule has 1 N–H and O–H groups in total. The van der Waals surface area contributed by atoms with E-state index in [-0.39, 0.29) is 11.9 Å². The van der Waals surface area contributed by atoms with E-state index in [1.165, 1.54) is 6.07 Å². The third-order valence-electron chi connectivity index (χ3n) is 3.10. The highest BCUT2D eigenvalue weighted by Gasteiger charge is 2.12. The third-order valence-corrected chi connectivity index (χ3v) is 3.10. The Balaban J connectivity index is 2.23. The maximum absolute atomic E-state index is 13.8. The molecule has 0 spiro atoms. The molecule has 0 radical (unpaired) electrons. The molecule has 2 rings (SSSR count). The number of para-hydroxylation sites is 1. The number of anilines is 1. The molecule has 0 bridgehead atoms. The van der Waals surface area contributed by atoms with Crippen LogP contribution < -0.4 is 10.1 Å². The van der Waals surface area contributed by atoms with Crippen LogP contribution >= 0.6 is 0 Å². The van der Waals surface area contributed by atoms with Gasteiger partial charge in [-0.15, -0.1) is 0 Å². The normalized spacial score (nSPS) is 12.0. The molecule has 0 aromatic heterocycles. The lowest BCUT2D eigenvalue weighted by atomic mass is 10.1. The molecule has 2 nitrogen and oxygen atoms in total. The molecule has 0 aliphatic heterocycles. The Hall–Kier alpha value is -2.03. The second kappa shape index (κ2) is 5.74. The number of rotatable bonds is 4. The lowest BCUT2D eigenvalue weighted by Gasteiger charge is -2.18. The van der Waals surface area contributed by atoms with Crippen molar-refractivity contribution in [3.8, 4) is 5.75 Å². The first-order valence-corrected chi connectivity index (χ1v) is 6.27. The molecule has 0 saturated carbocycles. The van der Waals surface area contributed by atoms with Gasteiger partial charge in [-0.25, -0.2) is 4.39 Å². The molecular weight excluding hydrogens is 241 g/mol. The lowest BCUT2D eigenvalue weighted by molar-refractivity contribution is 0.408. The van der Waals surface area contributed by atoms with Crippen molar-refractivity contribution in [2.24, 2.45) is 0 Å². The van der Waals surface area contributed by atoms with Gasteiger partial charge in [0.1, 0.15) is 11.6 Å². The summed E-state index contributed by atoms with van der Waals surface area (Å²) in [6.45, 7) is 3.85. The van der Waals surface area contributed by atoms with E-state index in [0.29, 0.717) is 5.69 Å². The van der Waals surface area contributed by atoms with Crippen LogP contribution in [0.3, 0.4) is 0 Å². The summed E-state index contributed by atoms with van der Waals surface area (Å²) in [6, 6.07) is 12.9. The SMILES string of the molecule is COc1ccccc1C(C)Nc1ccc(C)cc1F. The molecule has 0 aliphatic carbocycles. The van der Waals surface area contributed by atoms with Gasteiger partial charge in [0, 0.05) is 5.56 Å². The highest BCUT2D eigenvalue weighted by molar-refractivity contribution is 5.49. The fourth-order valence-electron chi connectivity index (χ4n) is 2.07. The van der Waals surface area contributed by atoms with Gasteiger partial charge in [-0.2, -0.15) is 0 Å². The minimum atomic E-state index is -0.234. The largest absolute Gasteiger partial charge is 0.496 e. The van der Waals surface area contributed by atoms with Crippen LogP contribution in [0.5, 0.6) is 5.75 Å². The maximum atomic E-state index is 13.8. The van der Waals surface area contributed by atoms with Crippen molar-refractivity contribution >= 4 is 5.69 Å². The van der Waals surface area contributed by atoms with E-state index >= 15 is 0 Å². The van der Waals surface area contributed by atoms with Crippen LogP contribution in [0.15, 0.2) is 42.5 Å². The van der Waals surface area contributed by atoms with Crippen molar-refractivity contribution in [1.82, 2.24) is 0 Å².